The van der Waals surface area contributed by atoms with Gasteiger partial charge in [0.25, 0.3) is 0 Å². The van der Waals surface area contributed by atoms with Crippen LogP contribution in [-0.4, -0.2) is 33.2 Å². The molecule has 0 fully saturated rings. The SMILES string of the molecule is N/C(C(=O)O)=C(\C=CC(=O)O)C(=O)O. The molecule has 0 aliphatic heterocycles. The highest BCUT2D eigenvalue weighted by Gasteiger charge is 2.14. The highest BCUT2D eigenvalue weighted by atomic mass is 16.4. The maximum Gasteiger partial charge on any atom is 0.352 e. The molecule has 0 radical (unpaired) electrons. The first-order valence-corrected chi connectivity index (χ1v) is 3.23. The second kappa shape index (κ2) is 4.65. The summed E-state index contributed by atoms with van der Waals surface area (Å²) in [5.41, 5.74) is 3.20. The second-order valence-electron chi connectivity index (χ2n) is 2.11. The van der Waals surface area contributed by atoms with Gasteiger partial charge in [0, 0.05) is 6.08 Å². The van der Waals surface area contributed by atoms with E-state index >= 15 is 0 Å². The van der Waals surface area contributed by atoms with E-state index < -0.39 is 29.2 Å². The Morgan fingerprint density at radius 1 is 0.929 bits per heavy atom. The molecule has 7 nitrogen and oxygen atoms in total. The third-order valence-electron chi connectivity index (χ3n) is 1.14. The fraction of sp³-hybridized carbons (Fsp3) is 0. The van der Waals surface area contributed by atoms with Gasteiger partial charge >= 0.3 is 17.9 Å². The normalized spacial score (nSPS) is 12.3. The van der Waals surface area contributed by atoms with E-state index in [-0.39, 0.29) is 0 Å². The molecule has 5 N–H and O–H groups in total. The van der Waals surface area contributed by atoms with Crippen LogP contribution in [0.4, 0.5) is 0 Å². The van der Waals surface area contributed by atoms with E-state index in [0.29, 0.717) is 12.2 Å². The standard InChI is InChI=1S/C7H7NO6/c8-5(7(13)14)3(6(11)12)1-2-4(9)10/h1-2H,8H2,(H,9,10)(H,11,12)(H,13,14)/b2-1?,5-3+. The van der Waals surface area contributed by atoms with E-state index in [1.165, 1.54) is 0 Å². The Hall–Kier alpha value is -2.31. The summed E-state index contributed by atoms with van der Waals surface area (Å²) in [7, 11) is 0. The van der Waals surface area contributed by atoms with Gasteiger partial charge in [0.2, 0.25) is 0 Å². The monoisotopic (exact) mass is 201 g/mol. The number of carboxylic acids is 3. The van der Waals surface area contributed by atoms with Gasteiger partial charge in [-0.15, -0.1) is 0 Å². The van der Waals surface area contributed by atoms with Crippen molar-refractivity contribution in [3.8, 4) is 0 Å². The third-order valence-corrected chi connectivity index (χ3v) is 1.14. The lowest BCUT2D eigenvalue weighted by Crippen LogP contribution is -2.17. The predicted octanol–water partition coefficient (Wildman–Crippen LogP) is -0.991. The predicted molar refractivity (Wildman–Crippen MR) is 43.3 cm³/mol. The van der Waals surface area contributed by atoms with Gasteiger partial charge in [-0.25, -0.2) is 14.4 Å². The summed E-state index contributed by atoms with van der Waals surface area (Å²) in [5.74, 6) is -4.64. The Kier molecular flexibility index (Phi) is 3.88. The minimum absolute atomic E-state index is 0.485. The zero-order chi connectivity index (χ0) is 11.3. The van der Waals surface area contributed by atoms with Crippen LogP contribution in [0.15, 0.2) is 23.4 Å². The van der Waals surface area contributed by atoms with Crippen LogP contribution in [0.25, 0.3) is 0 Å². The van der Waals surface area contributed by atoms with E-state index in [4.69, 9.17) is 21.1 Å². The fourth-order valence-electron chi connectivity index (χ4n) is 0.546. The van der Waals surface area contributed by atoms with Crippen LogP contribution in [0, 0.1) is 0 Å². The van der Waals surface area contributed by atoms with Crippen molar-refractivity contribution >= 4 is 17.9 Å². The Morgan fingerprint density at radius 3 is 1.71 bits per heavy atom. The number of hydrogen-bond acceptors (Lipinski definition) is 4. The molecule has 0 heterocycles. The van der Waals surface area contributed by atoms with Gasteiger partial charge in [0.1, 0.15) is 5.70 Å². The van der Waals surface area contributed by atoms with Crippen LogP contribution >= 0.6 is 0 Å². The molecule has 0 saturated heterocycles. The van der Waals surface area contributed by atoms with Crippen LogP contribution in [0.3, 0.4) is 0 Å². The summed E-state index contributed by atoms with van der Waals surface area (Å²) in [4.78, 5) is 30.7. The van der Waals surface area contributed by atoms with Gasteiger partial charge < -0.3 is 21.1 Å². The van der Waals surface area contributed by atoms with Gasteiger partial charge in [0.15, 0.2) is 0 Å². The van der Waals surface area contributed by atoms with Gasteiger partial charge in [-0.2, -0.15) is 0 Å². The van der Waals surface area contributed by atoms with Crippen molar-refractivity contribution in [1.82, 2.24) is 0 Å². The lowest BCUT2D eigenvalue weighted by atomic mass is 10.2. The van der Waals surface area contributed by atoms with Crippen LogP contribution < -0.4 is 5.73 Å². The van der Waals surface area contributed by atoms with Gasteiger partial charge in [-0.1, -0.05) is 0 Å². The number of nitrogens with two attached hydrogens (primary N) is 1. The molecule has 0 aromatic carbocycles. The molecule has 0 bridgehead atoms. The summed E-state index contributed by atoms with van der Waals surface area (Å²) in [6.45, 7) is 0. The fourth-order valence-corrected chi connectivity index (χ4v) is 0.546. The van der Waals surface area contributed by atoms with E-state index in [1.807, 2.05) is 0 Å². The number of carboxylic acid groups (broad SMARTS) is 3. The molecule has 0 spiro atoms. The largest absolute Gasteiger partial charge is 0.478 e. The molecule has 76 valence electrons. The average Bonchev–Trinajstić information content (AvgIpc) is 2.02. The summed E-state index contributed by atoms with van der Waals surface area (Å²) in [6, 6.07) is 0. The molecule has 0 rings (SSSR count). The Balaban J connectivity index is 5.16. The maximum absolute atomic E-state index is 10.4. The van der Waals surface area contributed by atoms with Crippen LogP contribution in [0.5, 0.6) is 0 Å². The van der Waals surface area contributed by atoms with Crippen LogP contribution in [-0.2, 0) is 14.4 Å². The summed E-state index contributed by atoms with van der Waals surface area (Å²) < 4.78 is 0. The summed E-state index contributed by atoms with van der Waals surface area (Å²) >= 11 is 0. The number of hydrogen-bond donors (Lipinski definition) is 4. The zero-order valence-corrected chi connectivity index (χ0v) is 6.80. The van der Waals surface area contributed by atoms with E-state index in [2.05, 4.69) is 0 Å². The van der Waals surface area contributed by atoms with Crippen molar-refractivity contribution in [2.75, 3.05) is 0 Å². The topological polar surface area (TPSA) is 138 Å². The lowest BCUT2D eigenvalue weighted by Gasteiger charge is -1.97. The Morgan fingerprint density at radius 2 is 1.43 bits per heavy atom. The van der Waals surface area contributed by atoms with Crippen molar-refractivity contribution in [2.45, 2.75) is 0 Å². The Labute approximate surface area is 77.8 Å². The first-order chi connectivity index (χ1) is 6.36. The maximum atomic E-state index is 10.4. The minimum atomic E-state index is -1.63. The number of aliphatic carboxylic acids is 3. The smallest absolute Gasteiger partial charge is 0.352 e. The molecule has 14 heavy (non-hydrogen) atoms. The van der Waals surface area contributed by atoms with Crippen molar-refractivity contribution in [3.63, 3.8) is 0 Å². The molecular weight excluding hydrogens is 194 g/mol. The van der Waals surface area contributed by atoms with E-state index in [0.717, 1.165) is 0 Å². The number of rotatable bonds is 4. The number of carbonyl (C=O) groups is 3. The van der Waals surface area contributed by atoms with Crippen molar-refractivity contribution in [2.24, 2.45) is 5.73 Å². The zero-order valence-electron chi connectivity index (χ0n) is 6.80. The van der Waals surface area contributed by atoms with Crippen molar-refractivity contribution < 1.29 is 29.7 Å². The molecular formula is C7H7NO6. The molecule has 0 aromatic rings. The molecule has 0 aliphatic carbocycles. The minimum Gasteiger partial charge on any atom is -0.478 e. The summed E-state index contributed by atoms with van der Waals surface area (Å²) in [5, 5.41) is 25.0. The van der Waals surface area contributed by atoms with E-state index in [9.17, 15) is 14.4 Å². The second-order valence-corrected chi connectivity index (χ2v) is 2.11. The quantitative estimate of drug-likeness (QED) is 0.338. The highest BCUT2D eigenvalue weighted by molar-refractivity contribution is 6.01. The van der Waals surface area contributed by atoms with Crippen LogP contribution in [0.2, 0.25) is 0 Å². The Bertz CT molecular complexity index is 340. The van der Waals surface area contributed by atoms with Gasteiger partial charge in [-0.05, 0) is 6.08 Å². The molecule has 0 aromatic heterocycles. The lowest BCUT2D eigenvalue weighted by molar-refractivity contribution is -0.135. The van der Waals surface area contributed by atoms with Gasteiger partial charge in [0.05, 0.1) is 5.57 Å². The average molecular weight is 201 g/mol. The van der Waals surface area contributed by atoms with E-state index in [1.54, 1.807) is 0 Å². The first-order valence-electron chi connectivity index (χ1n) is 3.23. The molecule has 0 amide bonds. The molecule has 0 saturated carbocycles. The summed E-state index contributed by atoms with van der Waals surface area (Å²) in [6.07, 6.45) is 1.09. The highest BCUT2D eigenvalue weighted by Crippen LogP contribution is 2.02. The third kappa shape index (κ3) is 3.39. The van der Waals surface area contributed by atoms with Crippen LogP contribution in [0.1, 0.15) is 0 Å². The molecule has 0 aliphatic rings. The first kappa shape index (κ1) is 11.7. The van der Waals surface area contributed by atoms with Gasteiger partial charge in [-0.3, -0.25) is 0 Å². The molecule has 0 atom stereocenters. The molecule has 7 heteroatoms. The van der Waals surface area contributed by atoms with Crippen molar-refractivity contribution in [1.29, 1.82) is 0 Å². The van der Waals surface area contributed by atoms with Crippen molar-refractivity contribution in [3.05, 3.63) is 23.4 Å². The molecule has 0 unspecified atom stereocenters.